The summed E-state index contributed by atoms with van der Waals surface area (Å²) in [4.78, 5) is 26.7. The van der Waals surface area contributed by atoms with Crippen molar-refractivity contribution < 1.29 is 14.7 Å². The van der Waals surface area contributed by atoms with Gasteiger partial charge in [0.15, 0.2) is 0 Å². The van der Waals surface area contributed by atoms with Crippen LogP contribution in [0.5, 0.6) is 0 Å². The van der Waals surface area contributed by atoms with E-state index in [0.29, 0.717) is 12.6 Å². The van der Waals surface area contributed by atoms with Crippen molar-refractivity contribution in [3.63, 3.8) is 0 Å². The lowest BCUT2D eigenvalue weighted by atomic mass is 10.1. The molecular formula is C15H29N3O3. The van der Waals surface area contributed by atoms with E-state index in [0.717, 1.165) is 6.54 Å². The molecule has 0 aromatic heterocycles. The summed E-state index contributed by atoms with van der Waals surface area (Å²) >= 11 is 0. The topological polar surface area (TPSA) is 72.9 Å². The molecular weight excluding hydrogens is 270 g/mol. The number of nitrogens with one attached hydrogen (secondary N) is 1. The van der Waals surface area contributed by atoms with Crippen LogP contribution in [0.15, 0.2) is 0 Å². The third-order valence-corrected chi connectivity index (χ3v) is 4.04. The molecule has 0 spiro atoms. The molecule has 0 unspecified atom stereocenters. The average molecular weight is 299 g/mol. The Morgan fingerprint density at radius 2 is 1.81 bits per heavy atom. The van der Waals surface area contributed by atoms with Crippen molar-refractivity contribution in [1.82, 2.24) is 15.1 Å². The Morgan fingerprint density at radius 1 is 1.24 bits per heavy atom. The predicted octanol–water partition coefficient (Wildman–Crippen LogP) is 1.76. The molecule has 0 radical (unpaired) electrons. The number of nitrogens with zero attached hydrogens (tertiary/aromatic N) is 2. The fourth-order valence-corrected chi connectivity index (χ4v) is 2.71. The summed E-state index contributed by atoms with van der Waals surface area (Å²) < 4.78 is 0. The first-order chi connectivity index (χ1) is 9.71. The highest BCUT2D eigenvalue weighted by Gasteiger charge is 2.28. The maximum absolute atomic E-state index is 12.2. The molecule has 6 heteroatoms. The highest BCUT2D eigenvalue weighted by atomic mass is 16.4. The van der Waals surface area contributed by atoms with Crippen LogP contribution in [0.2, 0.25) is 0 Å². The smallest absolute Gasteiger partial charge is 0.323 e. The number of likely N-dealkylation sites (N-methyl/N-ethyl adjacent to an activating group) is 1. The molecule has 122 valence electrons. The minimum atomic E-state index is -0.997. The van der Waals surface area contributed by atoms with Crippen LogP contribution in [-0.4, -0.2) is 65.2 Å². The van der Waals surface area contributed by atoms with Gasteiger partial charge < -0.3 is 20.2 Å². The zero-order valence-electron chi connectivity index (χ0n) is 13.7. The fourth-order valence-electron chi connectivity index (χ4n) is 2.71. The highest BCUT2D eigenvalue weighted by molar-refractivity contribution is 5.80. The molecule has 2 N–H and O–H groups in total. The summed E-state index contributed by atoms with van der Waals surface area (Å²) in [6.07, 6.45) is 5.05. The van der Waals surface area contributed by atoms with E-state index in [1.807, 2.05) is 20.8 Å². The lowest BCUT2D eigenvalue weighted by Gasteiger charge is -2.34. The number of amides is 2. The van der Waals surface area contributed by atoms with Crippen molar-refractivity contribution in [2.75, 3.05) is 26.7 Å². The lowest BCUT2D eigenvalue weighted by Crippen LogP contribution is -2.53. The molecule has 0 aliphatic heterocycles. The lowest BCUT2D eigenvalue weighted by molar-refractivity contribution is -0.138. The van der Waals surface area contributed by atoms with Gasteiger partial charge in [0.2, 0.25) is 0 Å². The number of aliphatic carboxylic acids is 1. The van der Waals surface area contributed by atoms with Crippen LogP contribution in [0, 0.1) is 0 Å². The monoisotopic (exact) mass is 299 g/mol. The largest absolute Gasteiger partial charge is 0.480 e. The van der Waals surface area contributed by atoms with Gasteiger partial charge in [-0.25, -0.2) is 4.79 Å². The Morgan fingerprint density at radius 3 is 2.29 bits per heavy atom. The molecule has 0 bridgehead atoms. The maximum Gasteiger partial charge on any atom is 0.323 e. The minimum Gasteiger partial charge on any atom is -0.480 e. The molecule has 21 heavy (non-hydrogen) atoms. The summed E-state index contributed by atoms with van der Waals surface area (Å²) in [5.74, 6) is -0.997. The third kappa shape index (κ3) is 5.91. The van der Waals surface area contributed by atoms with Crippen LogP contribution < -0.4 is 5.32 Å². The second-order valence-electron chi connectivity index (χ2n) is 6.80. The quantitative estimate of drug-likeness (QED) is 0.784. The standard InChI is InChI=1S/C15H29N3O3/c1-15(2,3)18(11-13(19)20)14(21)16-9-10-17(4)12-7-5-6-8-12/h12H,5-11H2,1-4H3,(H,16,21)(H,19,20). The van der Waals surface area contributed by atoms with Crippen molar-refractivity contribution in [3.8, 4) is 0 Å². The first-order valence-electron chi connectivity index (χ1n) is 7.69. The molecule has 6 nitrogen and oxygen atoms in total. The summed E-state index contributed by atoms with van der Waals surface area (Å²) in [7, 11) is 2.08. The Bertz CT molecular complexity index is 360. The SMILES string of the molecule is CN(CCNC(=O)N(CC(=O)O)C(C)(C)C)C1CCCC1. The number of carbonyl (C=O) groups excluding carboxylic acids is 1. The van der Waals surface area contributed by atoms with Crippen molar-refractivity contribution >= 4 is 12.0 Å². The molecule has 1 aliphatic rings. The number of hydrogen-bond donors (Lipinski definition) is 2. The predicted molar refractivity (Wildman–Crippen MR) is 82.4 cm³/mol. The molecule has 0 saturated heterocycles. The maximum atomic E-state index is 12.2. The molecule has 1 aliphatic carbocycles. The van der Waals surface area contributed by atoms with Gasteiger partial charge in [0.05, 0.1) is 0 Å². The fraction of sp³-hybridized carbons (Fsp3) is 0.867. The second-order valence-corrected chi connectivity index (χ2v) is 6.80. The molecule has 0 aromatic rings. The minimum absolute atomic E-state index is 0.284. The first kappa shape index (κ1) is 17.8. The summed E-state index contributed by atoms with van der Waals surface area (Å²) in [5, 5.41) is 11.8. The van der Waals surface area contributed by atoms with Crippen LogP contribution in [0.25, 0.3) is 0 Å². The zero-order valence-corrected chi connectivity index (χ0v) is 13.7. The Balaban J connectivity index is 2.40. The van der Waals surface area contributed by atoms with Crippen LogP contribution in [0.1, 0.15) is 46.5 Å². The van der Waals surface area contributed by atoms with Gasteiger partial charge in [-0.05, 0) is 40.7 Å². The van der Waals surface area contributed by atoms with E-state index in [9.17, 15) is 9.59 Å². The Labute approximate surface area is 127 Å². The van der Waals surface area contributed by atoms with Crippen molar-refractivity contribution in [1.29, 1.82) is 0 Å². The first-order valence-corrected chi connectivity index (χ1v) is 7.69. The molecule has 0 aromatic carbocycles. The van der Waals surface area contributed by atoms with Gasteiger partial charge in [-0.3, -0.25) is 4.79 Å². The van der Waals surface area contributed by atoms with Gasteiger partial charge in [0, 0.05) is 24.7 Å². The highest BCUT2D eigenvalue weighted by Crippen LogP contribution is 2.21. The molecule has 0 heterocycles. The number of hydrogen-bond acceptors (Lipinski definition) is 3. The van der Waals surface area contributed by atoms with E-state index >= 15 is 0 Å². The number of rotatable bonds is 6. The van der Waals surface area contributed by atoms with Gasteiger partial charge in [-0.1, -0.05) is 12.8 Å². The van der Waals surface area contributed by atoms with Crippen molar-refractivity contribution in [2.45, 2.75) is 58.0 Å². The van der Waals surface area contributed by atoms with E-state index in [1.165, 1.54) is 30.6 Å². The number of carboxylic acids is 1. The molecule has 1 rings (SSSR count). The third-order valence-electron chi connectivity index (χ3n) is 4.04. The average Bonchev–Trinajstić information content (AvgIpc) is 2.87. The van der Waals surface area contributed by atoms with Gasteiger partial charge in [0.25, 0.3) is 0 Å². The van der Waals surface area contributed by atoms with Gasteiger partial charge in [-0.15, -0.1) is 0 Å². The zero-order chi connectivity index (χ0) is 16.0. The van der Waals surface area contributed by atoms with Gasteiger partial charge >= 0.3 is 12.0 Å². The Hall–Kier alpha value is -1.30. The Kier molecular flexibility index (Phi) is 6.45. The van der Waals surface area contributed by atoms with E-state index in [1.54, 1.807) is 0 Å². The number of carboxylic acid groups (broad SMARTS) is 1. The van der Waals surface area contributed by atoms with Crippen LogP contribution >= 0.6 is 0 Å². The van der Waals surface area contributed by atoms with Gasteiger partial charge in [-0.2, -0.15) is 0 Å². The van der Waals surface area contributed by atoms with Crippen LogP contribution in [0.4, 0.5) is 4.79 Å². The molecule has 1 saturated carbocycles. The summed E-state index contributed by atoms with van der Waals surface area (Å²) in [6, 6.07) is 0.310. The second kappa shape index (κ2) is 7.64. The van der Waals surface area contributed by atoms with Crippen molar-refractivity contribution in [3.05, 3.63) is 0 Å². The van der Waals surface area contributed by atoms with Crippen LogP contribution in [-0.2, 0) is 4.79 Å². The molecule has 0 atom stereocenters. The van der Waals surface area contributed by atoms with Crippen molar-refractivity contribution in [2.24, 2.45) is 0 Å². The number of carbonyl (C=O) groups is 2. The van der Waals surface area contributed by atoms with E-state index in [4.69, 9.17) is 5.11 Å². The van der Waals surface area contributed by atoms with E-state index in [2.05, 4.69) is 17.3 Å². The van der Waals surface area contributed by atoms with E-state index < -0.39 is 11.5 Å². The van der Waals surface area contributed by atoms with Crippen LogP contribution in [0.3, 0.4) is 0 Å². The normalized spacial score (nSPS) is 16.2. The summed E-state index contributed by atoms with van der Waals surface area (Å²) in [6.45, 7) is 6.55. The molecule has 2 amide bonds. The van der Waals surface area contributed by atoms with Gasteiger partial charge in [0.1, 0.15) is 6.54 Å². The summed E-state index contributed by atoms with van der Waals surface area (Å²) in [5.41, 5.74) is -0.514. The number of urea groups is 1. The van der Waals surface area contributed by atoms with E-state index in [-0.39, 0.29) is 12.6 Å². The molecule has 1 fully saturated rings.